The summed E-state index contributed by atoms with van der Waals surface area (Å²) in [5.41, 5.74) is 0.936. The van der Waals surface area contributed by atoms with Gasteiger partial charge in [0.25, 0.3) is 5.91 Å². The van der Waals surface area contributed by atoms with Crippen LogP contribution in [0.15, 0.2) is 39.5 Å². The van der Waals surface area contributed by atoms with Crippen LogP contribution in [0, 0.1) is 25.2 Å². The van der Waals surface area contributed by atoms with Gasteiger partial charge in [-0.2, -0.15) is 5.26 Å². The van der Waals surface area contributed by atoms with E-state index in [2.05, 4.69) is 5.32 Å². The molecule has 1 N–H and O–H groups in total. The molecule has 0 saturated carbocycles. The van der Waals surface area contributed by atoms with Crippen molar-refractivity contribution in [2.24, 2.45) is 0 Å². The minimum absolute atomic E-state index is 0.126. The second kappa shape index (κ2) is 7.24. The van der Waals surface area contributed by atoms with Gasteiger partial charge in [-0.3, -0.25) is 4.79 Å². The second-order valence-electron chi connectivity index (χ2n) is 4.99. The molecule has 2 rings (SSSR count). The molecular weight excluding hydrogens is 312 g/mol. The van der Waals surface area contributed by atoms with Gasteiger partial charge < -0.3 is 14.5 Å². The van der Waals surface area contributed by atoms with Gasteiger partial charge in [0, 0.05) is 11.8 Å². The fourth-order valence-electron chi connectivity index (χ4n) is 2.09. The Morgan fingerprint density at radius 1 is 1.25 bits per heavy atom. The van der Waals surface area contributed by atoms with Gasteiger partial charge in [0.05, 0.1) is 11.6 Å². The predicted molar refractivity (Wildman–Crippen MR) is 84.5 cm³/mol. The molecule has 0 fully saturated rings. The third-order valence-corrected chi connectivity index (χ3v) is 3.17. The predicted octanol–water partition coefficient (Wildman–Crippen LogP) is 1.92. The Balaban J connectivity index is 1.97. The van der Waals surface area contributed by atoms with Crippen LogP contribution >= 0.6 is 0 Å². The first-order chi connectivity index (χ1) is 11.4. The summed E-state index contributed by atoms with van der Waals surface area (Å²) in [4.78, 5) is 35.0. The molecule has 0 aliphatic heterocycles. The Bertz CT molecular complexity index is 849. The molecule has 122 valence electrons. The summed E-state index contributed by atoms with van der Waals surface area (Å²) >= 11 is 0. The first-order valence-corrected chi connectivity index (χ1v) is 6.99. The molecule has 0 aliphatic rings. The number of esters is 1. The van der Waals surface area contributed by atoms with E-state index < -0.39 is 24.1 Å². The number of ether oxygens (including phenoxy) is 1. The highest BCUT2D eigenvalue weighted by molar-refractivity contribution is 5.96. The molecule has 0 spiro atoms. The molecule has 1 amide bonds. The second-order valence-corrected chi connectivity index (χ2v) is 4.99. The van der Waals surface area contributed by atoms with Crippen LogP contribution in [0.2, 0.25) is 0 Å². The van der Waals surface area contributed by atoms with Crippen molar-refractivity contribution in [1.29, 1.82) is 5.26 Å². The van der Waals surface area contributed by atoms with E-state index in [9.17, 15) is 14.4 Å². The van der Waals surface area contributed by atoms with Gasteiger partial charge >= 0.3 is 11.6 Å². The highest BCUT2D eigenvalue weighted by Crippen LogP contribution is 2.13. The molecule has 0 radical (unpaired) electrons. The third-order valence-electron chi connectivity index (χ3n) is 3.17. The van der Waals surface area contributed by atoms with Gasteiger partial charge in [-0.05, 0) is 43.7 Å². The molecule has 0 atom stereocenters. The first-order valence-electron chi connectivity index (χ1n) is 6.99. The van der Waals surface area contributed by atoms with Crippen molar-refractivity contribution >= 4 is 17.6 Å². The Morgan fingerprint density at radius 2 is 1.92 bits per heavy atom. The van der Waals surface area contributed by atoms with Gasteiger partial charge in [-0.15, -0.1) is 0 Å². The van der Waals surface area contributed by atoms with Crippen molar-refractivity contribution < 1.29 is 18.7 Å². The third kappa shape index (κ3) is 4.08. The normalized spacial score (nSPS) is 9.88. The topological polar surface area (TPSA) is 109 Å². The van der Waals surface area contributed by atoms with Crippen LogP contribution in [-0.4, -0.2) is 18.5 Å². The summed E-state index contributed by atoms with van der Waals surface area (Å²) < 4.78 is 9.79. The molecule has 1 heterocycles. The van der Waals surface area contributed by atoms with Crippen LogP contribution in [0.3, 0.4) is 0 Å². The van der Waals surface area contributed by atoms with Gasteiger partial charge in [-0.25, -0.2) is 9.59 Å². The van der Waals surface area contributed by atoms with Crippen LogP contribution < -0.4 is 10.9 Å². The fourth-order valence-corrected chi connectivity index (χ4v) is 2.09. The van der Waals surface area contributed by atoms with Gasteiger partial charge in [-0.1, -0.05) is 0 Å². The summed E-state index contributed by atoms with van der Waals surface area (Å²) in [6, 6.07) is 9.40. The van der Waals surface area contributed by atoms with E-state index in [4.69, 9.17) is 14.4 Å². The fraction of sp³-hybridized carbons (Fsp3) is 0.176. The van der Waals surface area contributed by atoms with E-state index in [0.717, 1.165) is 0 Å². The number of carbonyl (C=O) groups excluding carboxylic acids is 2. The molecule has 1 aromatic carbocycles. The molecule has 7 heteroatoms. The highest BCUT2D eigenvalue weighted by atomic mass is 16.5. The average Bonchev–Trinajstić information content (AvgIpc) is 2.52. The standard InChI is InChI=1S/C17H14N2O5/c1-10-7-15(21)24-11(2)16(10)17(22)23-9-14(20)19-13-5-3-12(8-18)4-6-13/h3-7H,9H2,1-2H3,(H,19,20). The number of nitrogens with zero attached hydrogens (tertiary/aromatic N) is 1. The monoisotopic (exact) mass is 326 g/mol. The number of nitrogens with one attached hydrogen (secondary N) is 1. The SMILES string of the molecule is Cc1cc(=O)oc(C)c1C(=O)OCC(=O)Nc1ccc(C#N)cc1. The summed E-state index contributed by atoms with van der Waals surface area (Å²) in [6.07, 6.45) is 0. The molecule has 7 nitrogen and oxygen atoms in total. The lowest BCUT2D eigenvalue weighted by atomic mass is 10.1. The number of hydrogen-bond donors (Lipinski definition) is 1. The lowest BCUT2D eigenvalue weighted by Crippen LogP contribution is -2.22. The van der Waals surface area contributed by atoms with Crippen molar-refractivity contribution in [3.8, 4) is 6.07 Å². The minimum Gasteiger partial charge on any atom is -0.452 e. The van der Waals surface area contributed by atoms with Crippen molar-refractivity contribution in [1.82, 2.24) is 0 Å². The maximum Gasteiger partial charge on any atom is 0.342 e. The van der Waals surface area contributed by atoms with Crippen LogP contribution in [0.25, 0.3) is 0 Å². The van der Waals surface area contributed by atoms with Crippen molar-refractivity contribution in [3.05, 3.63) is 63.2 Å². The zero-order valence-electron chi connectivity index (χ0n) is 13.1. The number of nitriles is 1. The minimum atomic E-state index is -0.747. The zero-order valence-corrected chi connectivity index (χ0v) is 13.1. The lowest BCUT2D eigenvalue weighted by molar-refractivity contribution is -0.119. The number of amides is 1. The number of aryl methyl sites for hydroxylation is 2. The van der Waals surface area contributed by atoms with Gasteiger partial charge in [0.2, 0.25) is 0 Å². The van der Waals surface area contributed by atoms with Crippen molar-refractivity contribution in [2.45, 2.75) is 13.8 Å². The van der Waals surface area contributed by atoms with E-state index in [1.807, 2.05) is 6.07 Å². The summed E-state index contributed by atoms with van der Waals surface area (Å²) in [5.74, 6) is -1.14. The van der Waals surface area contributed by atoms with Crippen molar-refractivity contribution in [2.75, 3.05) is 11.9 Å². The van der Waals surface area contributed by atoms with E-state index in [1.165, 1.54) is 13.0 Å². The van der Waals surface area contributed by atoms with Crippen LogP contribution in [0.4, 0.5) is 5.69 Å². The molecular formula is C17H14N2O5. The van der Waals surface area contributed by atoms with Gasteiger partial charge in [0.15, 0.2) is 6.61 Å². The molecule has 1 aromatic heterocycles. The van der Waals surface area contributed by atoms with Crippen LogP contribution in [0.1, 0.15) is 27.2 Å². The maximum absolute atomic E-state index is 12.0. The molecule has 0 unspecified atom stereocenters. The lowest BCUT2D eigenvalue weighted by Gasteiger charge is -2.09. The highest BCUT2D eigenvalue weighted by Gasteiger charge is 2.18. The van der Waals surface area contributed by atoms with Crippen LogP contribution in [-0.2, 0) is 9.53 Å². The van der Waals surface area contributed by atoms with E-state index >= 15 is 0 Å². The number of hydrogen-bond acceptors (Lipinski definition) is 6. The molecule has 0 bridgehead atoms. The first kappa shape index (κ1) is 17.0. The smallest absolute Gasteiger partial charge is 0.342 e. The van der Waals surface area contributed by atoms with Crippen molar-refractivity contribution in [3.63, 3.8) is 0 Å². The quantitative estimate of drug-likeness (QED) is 0.860. The molecule has 24 heavy (non-hydrogen) atoms. The number of benzene rings is 1. The summed E-state index contributed by atoms with van der Waals surface area (Å²) in [5, 5.41) is 11.2. The van der Waals surface area contributed by atoms with E-state index in [1.54, 1.807) is 31.2 Å². The van der Waals surface area contributed by atoms with Gasteiger partial charge in [0.1, 0.15) is 11.3 Å². The molecule has 0 aliphatic carbocycles. The largest absolute Gasteiger partial charge is 0.452 e. The molecule has 0 saturated heterocycles. The maximum atomic E-state index is 12.0. The summed E-state index contributed by atoms with van der Waals surface area (Å²) in [6.45, 7) is 2.57. The Hall–Kier alpha value is -3.40. The zero-order chi connectivity index (χ0) is 17.7. The number of anilines is 1. The Morgan fingerprint density at radius 3 is 2.50 bits per heavy atom. The number of rotatable bonds is 4. The Kier molecular flexibility index (Phi) is 5.12. The van der Waals surface area contributed by atoms with E-state index in [0.29, 0.717) is 16.8 Å². The van der Waals surface area contributed by atoms with E-state index in [-0.39, 0.29) is 11.3 Å². The van der Waals surface area contributed by atoms with Crippen LogP contribution in [0.5, 0.6) is 0 Å². The average molecular weight is 326 g/mol. The number of carbonyl (C=O) groups is 2. The molecule has 2 aromatic rings. The summed E-state index contributed by atoms with van der Waals surface area (Å²) in [7, 11) is 0. The Labute approximate surface area is 137 Å².